The van der Waals surface area contributed by atoms with E-state index in [1.807, 2.05) is 65.2 Å². The molecule has 2 atom stereocenters. The molecule has 0 radical (unpaired) electrons. The summed E-state index contributed by atoms with van der Waals surface area (Å²) in [5.41, 5.74) is 2.71. The van der Waals surface area contributed by atoms with Gasteiger partial charge in [-0.25, -0.2) is 4.98 Å². The molecule has 3 aromatic carbocycles. The van der Waals surface area contributed by atoms with Gasteiger partial charge in [-0.05, 0) is 24.6 Å². The Bertz CT molecular complexity index is 1360. The normalized spacial score (nSPS) is 17.4. The van der Waals surface area contributed by atoms with Crippen molar-refractivity contribution < 1.29 is 19.1 Å². The van der Waals surface area contributed by atoms with Gasteiger partial charge >= 0.3 is 5.97 Å². The molecule has 170 valence electrons. The van der Waals surface area contributed by atoms with E-state index in [2.05, 4.69) is 0 Å². The maximum atomic E-state index is 13.9. The number of carbonyl (C=O) groups excluding carboxylic acids is 3. The van der Waals surface area contributed by atoms with Crippen molar-refractivity contribution in [3.63, 3.8) is 0 Å². The molecular weight excluding hydrogens is 430 g/mol. The van der Waals surface area contributed by atoms with Gasteiger partial charge in [0.05, 0.1) is 30.2 Å². The molecule has 1 aromatic heterocycles. The molecule has 0 unspecified atom stereocenters. The standard InChI is InChI=1S/C27H23N3O4/c1-2-34-26(33)23-24(19-13-7-4-8-14-19)30-21-16-10-9-15-20(21)28-27(30)29(25(23)32)17-22(31)18-11-5-3-6-12-18/h3-16,23-24H,2,17H2,1H3/t23-,24+/m1/s1. The quantitative estimate of drug-likeness (QED) is 0.250. The van der Waals surface area contributed by atoms with Crippen LogP contribution in [0.5, 0.6) is 0 Å². The molecule has 4 aromatic rings. The summed E-state index contributed by atoms with van der Waals surface area (Å²) in [4.78, 5) is 46.1. The molecule has 1 aliphatic heterocycles. The minimum atomic E-state index is -1.16. The van der Waals surface area contributed by atoms with Crippen LogP contribution >= 0.6 is 0 Å². The number of amides is 1. The van der Waals surface area contributed by atoms with E-state index < -0.39 is 23.8 Å². The minimum absolute atomic E-state index is 0.143. The van der Waals surface area contributed by atoms with E-state index in [0.717, 1.165) is 11.1 Å². The lowest BCUT2D eigenvalue weighted by Gasteiger charge is -2.37. The number of rotatable bonds is 6. The SMILES string of the molecule is CCOC(=O)[C@H]1C(=O)N(CC(=O)c2ccccc2)c2nc3ccccc3n2[C@H]1c1ccccc1. The highest BCUT2D eigenvalue weighted by Gasteiger charge is 2.48. The molecule has 0 saturated heterocycles. The van der Waals surface area contributed by atoms with Gasteiger partial charge in [-0.2, -0.15) is 0 Å². The number of nitrogens with zero attached hydrogens (tertiary/aromatic N) is 3. The highest BCUT2D eigenvalue weighted by molar-refractivity contribution is 6.12. The fourth-order valence-electron chi connectivity index (χ4n) is 4.51. The van der Waals surface area contributed by atoms with Crippen molar-refractivity contribution in [2.24, 2.45) is 5.92 Å². The number of Topliss-reactive ketones (excluding diaryl/α,β-unsaturated/α-hetero) is 1. The Balaban J connectivity index is 1.70. The fourth-order valence-corrected chi connectivity index (χ4v) is 4.51. The van der Waals surface area contributed by atoms with Gasteiger partial charge in [-0.1, -0.05) is 72.8 Å². The molecule has 1 aliphatic rings. The van der Waals surface area contributed by atoms with Gasteiger partial charge in [0.1, 0.15) is 0 Å². The second kappa shape index (κ2) is 8.94. The van der Waals surface area contributed by atoms with Crippen LogP contribution in [0.2, 0.25) is 0 Å². The molecule has 0 aliphatic carbocycles. The molecule has 7 nitrogen and oxygen atoms in total. The number of para-hydroxylation sites is 2. The van der Waals surface area contributed by atoms with Crippen LogP contribution in [0.4, 0.5) is 5.95 Å². The van der Waals surface area contributed by atoms with E-state index in [9.17, 15) is 14.4 Å². The third-order valence-electron chi connectivity index (χ3n) is 6.02. The predicted molar refractivity (Wildman–Crippen MR) is 128 cm³/mol. The average Bonchev–Trinajstić information content (AvgIpc) is 3.25. The first kappa shape index (κ1) is 21.6. The highest BCUT2D eigenvalue weighted by atomic mass is 16.5. The summed E-state index contributed by atoms with van der Waals surface area (Å²) in [6, 6.07) is 25.0. The summed E-state index contributed by atoms with van der Waals surface area (Å²) in [6.45, 7) is 1.62. The highest BCUT2D eigenvalue weighted by Crippen LogP contribution is 2.41. The van der Waals surface area contributed by atoms with Crippen LogP contribution in [-0.4, -0.2) is 40.4 Å². The molecule has 34 heavy (non-hydrogen) atoms. The van der Waals surface area contributed by atoms with Gasteiger partial charge in [-0.3, -0.25) is 19.3 Å². The maximum absolute atomic E-state index is 13.9. The number of hydrogen-bond donors (Lipinski definition) is 0. The molecule has 7 heteroatoms. The lowest BCUT2D eigenvalue weighted by molar-refractivity contribution is -0.153. The van der Waals surface area contributed by atoms with Gasteiger partial charge in [0.2, 0.25) is 11.9 Å². The van der Waals surface area contributed by atoms with E-state index in [1.165, 1.54) is 4.90 Å². The first-order valence-corrected chi connectivity index (χ1v) is 11.2. The number of hydrogen-bond acceptors (Lipinski definition) is 5. The number of ketones is 1. The van der Waals surface area contributed by atoms with Crippen molar-refractivity contribution in [2.45, 2.75) is 13.0 Å². The van der Waals surface area contributed by atoms with Gasteiger partial charge in [0.15, 0.2) is 11.7 Å². The number of fused-ring (bicyclic) bond motifs is 3. The summed E-state index contributed by atoms with van der Waals surface area (Å²) in [5.74, 6) is -2.18. The van der Waals surface area contributed by atoms with Crippen molar-refractivity contribution in [2.75, 3.05) is 18.1 Å². The van der Waals surface area contributed by atoms with Crippen LogP contribution < -0.4 is 4.90 Å². The van der Waals surface area contributed by atoms with Crippen LogP contribution in [0.25, 0.3) is 11.0 Å². The van der Waals surface area contributed by atoms with Gasteiger partial charge < -0.3 is 9.30 Å². The molecule has 0 spiro atoms. The first-order chi connectivity index (χ1) is 16.6. The molecule has 0 bridgehead atoms. The van der Waals surface area contributed by atoms with E-state index in [1.54, 1.807) is 31.2 Å². The second-order valence-electron chi connectivity index (χ2n) is 8.07. The second-order valence-corrected chi connectivity index (χ2v) is 8.07. The predicted octanol–water partition coefficient (Wildman–Crippen LogP) is 4.03. The summed E-state index contributed by atoms with van der Waals surface area (Å²) < 4.78 is 7.22. The molecule has 2 heterocycles. The largest absolute Gasteiger partial charge is 0.465 e. The summed E-state index contributed by atoms with van der Waals surface area (Å²) in [5, 5.41) is 0. The zero-order valence-electron chi connectivity index (χ0n) is 18.6. The lowest BCUT2D eigenvalue weighted by Crippen LogP contribution is -2.51. The van der Waals surface area contributed by atoms with Crippen LogP contribution in [-0.2, 0) is 14.3 Å². The maximum Gasteiger partial charge on any atom is 0.321 e. The lowest BCUT2D eigenvalue weighted by atomic mass is 9.89. The number of aromatic nitrogens is 2. The number of benzene rings is 3. The zero-order valence-corrected chi connectivity index (χ0v) is 18.6. The van der Waals surface area contributed by atoms with Crippen molar-refractivity contribution in [1.82, 2.24) is 9.55 Å². The zero-order chi connectivity index (χ0) is 23.7. The van der Waals surface area contributed by atoms with Crippen molar-refractivity contribution in [3.05, 3.63) is 96.1 Å². The molecule has 5 rings (SSSR count). The van der Waals surface area contributed by atoms with Crippen molar-refractivity contribution in [1.29, 1.82) is 0 Å². The van der Waals surface area contributed by atoms with E-state index >= 15 is 0 Å². The summed E-state index contributed by atoms with van der Waals surface area (Å²) >= 11 is 0. The van der Waals surface area contributed by atoms with Crippen LogP contribution in [0.1, 0.15) is 28.9 Å². The van der Waals surface area contributed by atoms with Gasteiger partial charge in [0, 0.05) is 5.56 Å². The third-order valence-corrected chi connectivity index (χ3v) is 6.02. The van der Waals surface area contributed by atoms with Crippen molar-refractivity contribution in [3.8, 4) is 0 Å². The molecule has 0 N–H and O–H groups in total. The Hall–Kier alpha value is -4.26. The molecular formula is C27H23N3O4. The fraction of sp³-hybridized carbons (Fsp3) is 0.185. The van der Waals surface area contributed by atoms with Crippen LogP contribution in [0.3, 0.4) is 0 Å². The Morgan fingerprint density at radius 2 is 1.56 bits per heavy atom. The van der Waals surface area contributed by atoms with Crippen LogP contribution in [0.15, 0.2) is 84.9 Å². The topological polar surface area (TPSA) is 81.5 Å². The van der Waals surface area contributed by atoms with Gasteiger partial charge in [-0.15, -0.1) is 0 Å². The van der Waals surface area contributed by atoms with E-state index in [0.29, 0.717) is 17.0 Å². The van der Waals surface area contributed by atoms with Crippen molar-refractivity contribution >= 4 is 34.6 Å². The number of imidazole rings is 1. The molecule has 0 fully saturated rings. The molecule has 1 amide bonds. The average molecular weight is 453 g/mol. The Morgan fingerprint density at radius 3 is 2.26 bits per heavy atom. The number of esters is 1. The van der Waals surface area contributed by atoms with E-state index in [4.69, 9.17) is 9.72 Å². The number of carbonyl (C=O) groups is 3. The Morgan fingerprint density at radius 1 is 0.912 bits per heavy atom. The third kappa shape index (κ3) is 3.65. The Kier molecular flexibility index (Phi) is 5.67. The molecule has 0 saturated carbocycles. The number of anilines is 1. The smallest absolute Gasteiger partial charge is 0.321 e. The monoisotopic (exact) mass is 453 g/mol. The van der Waals surface area contributed by atoms with E-state index in [-0.39, 0.29) is 18.9 Å². The Labute approximate surface area is 196 Å². The summed E-state index contributed by atoms with van der Waals surface area (Å²) in [6.07, 6.45) is 0. The summed E-state index contributed by atoms with van der Waals surface area (Å²) in [7, 11) is 0. The number of ether oxygens (including phenoxy) is 1. The first-order valence-electron chi connectivity index (χ1n) is 11.2. The minimum Gasteiger partial charge on any atom is -0.465 e. The van der Waals surface area contributed by atoms with Gasteiger partial charge in [0.25, 0.3) is 0 Å². The van der Waals surface area contributed by atoms with Crippen LogP contribution in [0, 0.1) is 5.92 Å².